The average molecular weight is 340 g/mol. The molecule has 0 aromatic carbocycles. The molecule has 1 aliphatic carbocycles. The van der Waals surface area contributed by atoms with Crippen LogP contribution in [0.4, 0.5) is 0 Å². The topological polar surface area (TPSA) is 36.0 Å². The molecule has 5 heteroatoms. The lowest BCUT2D eigenvalue weighted by Crippen LogP contribution is -2.51. The fraction of sp³-hybridized carbons (Fsp3) is 0.947. The number of hydrogen-bond donors (Lipinski definition) is 0. The Labute approximate surface area is 148 Å². The van der Waals surface area contributed by atoms with E-state index in [1.54, 1.807) is 0 Å². The number of hydrogen-bond acceptors (Lipinski definition) is 4. The molecule has 0 aromatic heterocycles. The minimum absolute atomic E-state index is 0.0873. The minimum atomic E-state index is 0.0873. The molecule has 0 aromatic rings. The first-order chi connectivity index (χ1) is 11.4. The third-order valence-corrected chi connectivity index (χ3v) is 5.31. The molecule has 0 atom stereocenters. The van der Waals surface area contributed by atoms with E-state index < -0.39 is 0 Å². The quantitative estimate of drug-likeness (QED) is 0.677. The van der Waals surface area contributed by atoms with Gasteiger partial charge in [-0.2, -0.15) is 0 Å². The van der Waals surface area contributed by atoms with Gasteiger partial charge in [0.15, 0.2) is 0 Å². The summed E-state index contributed by atoms with van der Waals surface area (Å²) in [6.45, 7) is 16.3. The molecule has 1 saturated heterocycles. The number of rotatable bonds is 8. The zero-order valence-electron chi connectivity index (χ0n) is 16.3. The number of ether oxygens (including phenoxy) is 1. The van der Waals surface area contributed by atoms with Gasteiger partial charge >= 0.3 is 0 Å². The van der Waals surface area contributed by atoms with Crippen LogP contribution < -0.4 is 0 Å². The van der Waals surface area contributed by atoms with E-state index in [0.717, 1.165) is 45.0 Å². The normalized spacial score (nSPS) is 26.0. The van der Waals surface area contributed by atoms with Crippen LogP contribution in [0.15, 0.2) is 0 Å². The molecular formula is C19H37N3O2. The predicted molar refractivity (Wildman–Crippen MR) is 98.1 cm³/mol. The predicted octanol–water partition coefficient (Wildman–Crippen LogP) is 1.92. The second-order valence-electron chi connectivity index (χ2n) is 8.26. The Kier molecular flexibility index (Phi) is 7.51. The summed E-state index contributed by atoms with van der Waals surface area (Å²) in [5.41, 5.74) is 0. The van der Waals surface area contributed by atoms with E-state index in [1.165, 1.54) is 19.6 Å². The fourth-order valence-electron chi connectivity index (χ4n) is 3.64. The zero-order chi connectivity index (χ0) is 17.7. The van der Waals surface area contributed by atoms with Crippen molar-refractivity contribution in [2.45, 2.75) is 52.7 Å². The molecule has 0 N–H and O–H groups in total. The molecular weight excluding hydrogens is 302 g/mol. The molecule has 1 amide bonds. The van der Waals surface area contributed by atoms with Crippen LogP contribution >= 0.6 is 0 Å². The van der Waals surface area contributed by atoms with E-state index >= 15 is 0 Å². The van der Waals surface area contributed by atoms with E-state index in [2.05, 4.69) is 23.6 Å². The fourth-order valence-corrected chi connectivity index (χ4v) is 3.64. The summed E-state index contributed by atoms with van der Waals surface area (Å²) in [7, 11) is 1.93. The van der Waals surface area contributed by atoms with E-state index in [0.29, 0.717) is 12.1 Å². The molecule has 0 unspecified atom stereocenters. The second kappa shape index (κ2) is 9.16. The number of carbonyl (C=O) groups excluding carboxylic acids is 1. The van der Waals surface area contributed by atoms with Crippen LogP contribution in [0, 0.1) is 11.8 Å². The molecule has 0 bridgehead atoms. The van der Waals surface area contributed by atoms with Gasteiger partial charge in [0, 0.05) is 58.3 Å². The van der Waals surface area contributed by atoms with Gasteiger partial charge in [0.25, 0.3) is 0 Å². The van der Waals surface area contributed by atoms with Crippen molar-refractivity contribution in [1.82, 2.24) is 14.7 Å². The third kappa shape index (κ3) is 5.71. The Morgan fingerprint density at radius 2 is 1.67 bits per heavy atom. The molecule has 0 spiro atoms. The molecule has 2 fully saturated rings. The summed E-state index contributed by atoms with van der Waals surface area (Å²) in [4.78, 5) is 19.0. The Hall–Kier alpha value is -0.650. The number of nitrogens with zero attached hydrogens (tertiary/aromatic N) is 3. The summed E-state index contributed by atoms with van der Waals surface area (Å²) < 4.78 is 6.00. The Balaban J connectivity index is 1.53. The largest absolute Gasteiger partial charge is 0.377 e. The van der Waals surface area contributed by atoms with E-state index in [-0.39, 0.29) is 11.8 Å². The van der Waals surface area contributed by atoms with Gasteiger partial charge in [0.05, 0.1) is 12.7 Å². The summed E-state index contributed by atoms with van der Waals surface area (Å²) >= 11 is 0. The highest BCUT2D eigenvalue weighted by Gasteiger charge is 2.35. The monoisotopic (exact) mass is 339 g/mol. The Morgan fingerprint density at radius 1 is 1.08 bits per heavy atom. The molecule has 1 aliphatic heterocycles. The van der Waals surface area contributed by atoms with Crippen molar-refractivity contribution in [2.24, 2.45) is 11.8 Å². The van der Waals surface area contributed by atoms with E-state index in [4.69, 9.17) is 4.74 Å². The van der Waals surface area contributed by atoms with Crippen molar-refractivity contribution in [1.29, 1.82) is 0 Å². The first-order valence-electron chi connectivity index (χ1n) is 9.69. The van der Waals surface area contributed by atoms with Crippen molar-refractivity contribution in [3.63, 3.8) is 0 Å². The van der Waals surface area contributed by atoms with Crippen LogP contribution in [-0.2, 0) is 9.53 Å². The van der Waals surface area contributed by atoms with Crippen LogP contribution in [0.3, 0.4) is 0 Å². The SMILES string of the molecule is CC(C)CN1CCN(CCO[C@H]2C[C@H](N(C)C(=O)C(C)C)C2)CC1. The zero-order valence-corrected chi connectivity index (χ0v) is 16.3. The van der Waals surface area contributed by atoms with Crippen LogP contribution in [0.2, 0.25) is 0 Å². The van der Waals surface area contributed by atoms with Gasteiger partial charge < -0.3 is 14.5 Å². The van der Waals surface area contributed by atoms with Gasteiger partial charge in [-0.1, -0.05) is 27.7 Å². The molecule has 5 nitrogen and oxygen atoms in total. The molecule has 140 valence electrons. The maximum atomic E-state index is 12.0. The Morgan fingerprint density at radius 3 is 2.21 bits per heavy atom. The van der Waals surface area contributed by atoms with Crippen molar-refractivity contribution >= 4 is 5.91 Å². The van der Waals surface area contributed by atoms with Crippen molar-refractivity contribution < 1.29 is 9.53 Å². The highest BCUT2D eigenvalue weighted by atomic mass is 16.5. The van der Waals surface area contributed by atoms with Gasteiger partial charge in [-0.25, -0.2) is 0 Å². The van der Waals surface area contributed by atoms with Gasteiger partial charge in [-0.05, 0) is 18.8 Å². The van der Waals surface area contributed by atoms with Crippen LogP contribution in [-0.4, -0.2) is 85.7 Å². The first-order valence-corrected chi connectivity index (χ1v) is 9.69. The van der Waals surface area contributed by atoms with Gasteiger partial charge in [-0.3, -0.25) is 9.69 Å². The smallest absolute Gasteiger partial charge is 0.225 e. The third-order valence-electron chi connectivity index (χ3n) is 5.31. The lowest BCUT2D eigenvalue weighted by Gasteiger charge is -2.42. The number of carbonyl (C=O) groups is 1. The lowest BCUT2D eigenvalue weighted by molar-refractivity contribution is -0.140. The summed E-state index contributed by atoms with van der Waals surface area (Å²) in [6, 6.07) is 0.379. The van der Waals surface area contributed by atoms with Crippen molar-refractivity contribution in [3.05, 3.63) is 0 Å². The lowest BCUT2D eigenvalue weighted by atomic mass is 9.87. The molecule has 2 aliphatic rings. The van der Waals surface area contributed by atoms with E-state index in [9.17, 15) is 4.79 Å². The maximum Gasteiger partial charge on any atom is 0.225 e. The van der Waals surface area contributed by atoms with Gasteiger partial charge in [0.1, 0.15) is 0 Å². The van der Waals surface area contributed by atoms with Crippen LogP contribution in [0.1, 0.15) is 40.5 Å². The van der Waals surface area contributed by atoms with Gasteiger partial charge in [0.2, 0.25) is 5.91 Å². The highest BCUT2D eigenvalue weighted by molar-refractivity contribution is 5.78. The summed E-state index contributed by atoms with van der Waals surface area (Å²) in [6.07, 6.45) is 2.34. The molecule has 24 heavy (non-hydrogen) atoms. The Bertz CT molecular complexity index is 386. The number of amides is 1. The maximum absolute atomic E-state index is 12.0. The average Bonchev–Trinajstić information content (AvgIpc) is 2.49. The standard InChI is InChI=1S/C19H37N3O2/c1-15(2)14-22-8-6-21(7-9-22)10-11-24-18-12-17(13-18)20(5)19(23)16(3)4/h15-18H,6-14H2,1-5H3/t17-,18-. The van der Waals surface area contributed by atoms with E-state index in [1.807, 2.05) is 25.8 Å². The first kappa shape index (κ1) is 19.7. The summed E-state index contributed by atoms with van der Waals surface area (Å²) in [5, 5.41) is 0. The summed E-state index contributed by atoms with van der Waals surface area (Å²) in [5.74, 6) is 1.09. The molecule has 1 heterocycles. The highest BCUT2D eigenvalue weighted by Crippen LogP contribution is 2.28. The second-order valence-corrected chi connectivity index (χ2v) is 8.26. The number of piperazine rings is 1. The molecule has 2 rings (SSSR count). The minimum Gasteiger partial charge on any atom is -0.377 e. The van der Waals surface area contributed by atoms with Crippen LogP contribution in [0.5, 0.6) is 0 Å². The molecule has 0 radical (unpaired) electrons. The van der Waals surface area contributed by atoms with Crippen LogP contribution in [0.25, 0.3) is 0 Å². The molecule has 1 saturated carbocycles. The van der Waals surface area contributed by atoms with Crippen molar-refractivity contribution in [2.75, 3.05) is 52.9 Å². The van der Waals surface area contributed by atoms with Crippen molar-refractivity contribution in [3.8, 4) is 0 Å². The van der Waals surface area contributed by atoms with Gasteiger partial charge in [-0.15, -0.1) is 0 Å².